The second kappa shape index (κ2) is 17.1. The molecule has 0 saturated heterocycles. The minimum Gasteiger partial charge on any atom is -0.345 e. The van der Waals surface area contributed by atoms with Crippen LogP contribution in [0.4, 0.5) is 0 Å². The van der Waals surface area contributed by atoms with Crippen LogP contribution in [0.3, 0.4) is 0 Å². The molecule has 0 heterocycles. The summed E-state index contributed by atoms with van der Waals surface area (Å²) in [6.45, 7) is 10.0. The van der Waals surface area contributed by atoms with Crippen LogP contribution in [0.25, 0.3) is 0 Å². The number of likely N-dealkylation sites (N-methyl/N-ethyl adjacent to an activating group) is 1. The fourth-order valence-corrected chi connectivity index (χ4v) is 2.15. The number of hydrogen-bond donors (Lipinski definition) is 3. The van der Waals surface area contributed by atoms with Crippen LogP contribution in [-0.2, 0) is 16.0 Å². The van der Waals surface area contributed by atoms with Crippen LogP contribution in [0.2, 0.25) is 0 Å². The second-order valence-corrected chi connectivity index (χ2v) is 5.13. The van der Waals surface area contributed by atoms with Gasteiger partial charge in [0.1, 0.15) is 0 Å². The largest absolute Gasteiger partial charge is 0.345 e. The van der Waals surface area contributed by atoms with E-state index in [2.05, 4.69) is 10.6 Å². The quantitative estimate of drug-likeness (QED) is 0.639. The lowest BCUT2D eigenvalue weighted by molar-refractivity contribution is -0.128. The first-order valence-electron chi connectivity index (χ1n) is 9.30. The van der Waals surface area contributed by atoms with E-state index in [1.165, 1.54) is 6.92 Å². The molecule has 0 bridgehead atoms. The zero-order valence-electron chi connectivity index (χ0n) is 16.8. The number of carbonyl (C=O) groups is 2. The molecule has 0 aliphatic carbocycles. The van der Waals surface area contributed by atoms with Crippen molar-refractivity contribution in [3.63, 3.8) is 0 Å². The third kappa shape index (κ3) is 11.5. The highest BCUT2D eigenvalue weighted by atomic mass is 16.2. The average molecular weight is 352 g/mol. The third-order valence-electron chi connectivity index (χ3n) is 3.45. The van der Waals surface area contributed by atoms with Gasteiger partial charge in [-0.2, -0.15) is 0 Å². The van der Waals surface area contributed by atoms with Crippen LogP contribution in [0.5, 0.6) is 0 Å². The number of carbonyl (C=O) groups excluding carboxylic acids is 2. The number of hydrogen-bond acceptors (Lipinski definition) is 4. The van der Waals surface area contributed by atoms with E-state index in [0.29, 0.717) is 25.8 Å². The molecule has 0 spiro atoms. The first-order valence-corrected chi connectivity index (χ1v) is 9.30. The fraction of sp³-hybridized carbons (Fsp3) is 0.600. The summed E-state index contributed by atoms with van der Waals surface area (Å²) < 4.78 is 0. The molecule has 1 rings (SSSR count). The van der Waals surface area contributed by atoms with E-state index in [1.807, 2.05) is 58.0 Å². The van der Waals surface area contributed by atoms with Crippen LogP contribution < -0.4 is 16.4 Å². The van der Waals surface area contributed by atoms with E-state index < -0.39 is 6.04 Å². The number of nitrogens with two attached hydrogens (primary N) is 1. The van der Waals surface area contributed by atoms with Crippen molar-refractivity contribution < 1.29 is 9.59 Å². The van der Waals surface area contributed by atoms with Gasteiger partial charge in [0.05, 0.1) is 12.1 Å². The number of nitrogens with one attached hydrogen (secondary N) is 2. The molecule has 2 atom stereocenters. The average Bonchev–Trinajstić information content (AvgIpc) is 2.66. The molecular weight excluding hydrogens is 314 g/mol. The first-order chi connectivity index (χ1) is 12.1. The Morgan fingerprint density at radius 3 is 2.04 bits per heavy atom. The van der Waals surface area contributed by atoms with Crippen molar-refractivity contribution in [1.82, 2.24) is 10.6 Å². The van der Waals surface area contributed by atoms with Crippen LogP contribution >= 0.6 is 0 Å². The molecule has 1 aromatic carbocycles. The molecule has 0 fully saturated rings. The Hall–Kier alpha value is -1.72. The minimum atomic E-state index is -0.451. The molecule has 4 N–H and O–H groups in total. The Kier molecular flexibility index (Phi) is 17.5. The van der Waals surface area contributed by atoms with Gasteiger partial charge >= 0.3 is 0 Å². The second-order valence-electron chi connectivity index (χ2n) is 5.13. The van der Waals surface area contributed by atoms with Gasteiger partial charge in [-0.25, -0.2) is 0 Å². The van der Waals surface area contributed by atoms with E-state index in [1.54, 1.807) is 7.05 Å². The molecule has 2 unspecified atom stereocenters. The van der Waals surface area contributed by atoms with E-state index in [-0.39, 0.29) is 17.7 Å². The number of Topliss-reactive ketones (excluding diaryl/α,β-unsaturated/α-hetero) is 1. The van der Waals surface area contributed by atoms with Gasteiger partial charge in [-0.05, 0) is 45.3 Å². The summed E-state index contributed by atoms with van der Waals surface area (Å²) in [6, 6.07) is 8.98. The smallest absolute Gasteiger partial charge is 0.238 e. The van der Waals surface area contributed by atoms with Crippen molar-refractivity contribution in [3.05, 3.63) is 35.9 Å². The summed E-state index contributed by atoms with van der Waals surface area (Å²) in [7, 11) is 1.75. The molecule has 0 aliphatic heterocycles. The highest BCUT2D eigenvalue weighted by Crippen LogP contribution is 2.05. The monoisotopic (exact) mass is 351 g/mol. The van der Waals surface area contributed by atoms with E-state index in [4.69, 9.17) is 5.73 Å². The molecule has 25 heavy (non-hydrogen) atoms. The molecule has 0 aromatic heterocycles. The number of benzene rings is 1. The van der Waals surface area contributed by atoms with Gasteiger partial charge in [0.2, 0.25) is 5.91 Å². The Balaban J connectivity index is 0. The summed E-state index contributed by atoms with van der Waals surface area (Å²) in [5.41, 5.74) is 6.54. The molecule has 0 saturated carbocycles. The van der Waals surface area contributed by atoms with Crippen LogP contribution in [-0.4, -0.2) is 37.4 Å². The zero-order chi connectivity index (χ0) is 19.7. The third-order valence-corrected chi connectivity index (χ3v) is 3.45. The van der Waals surface area contributed by atoms with Crippen molar-refractivity contribution in [2.75, 3.05) is 13.6 Å². The zero-order valence-corrected chi connectivity index (χ0v) is 16.8. The van der Waals surface area contributed by atoms with Crippen molar-refractivity contribution >= 4 is 11.7 Å². The van der Waals surface area contributed by atoms with Crippen molar-refractivity contribution in [3.8, 4) is 0 Å². The normalized spacial score (nSPS) is 11.8. The van der Waals surface area contributed by atoms with Gasteiger partial charge in [0.25, 0.3) is 0 Å². The predicted octanol–water partition coefficient (Wildman–Crippen LogP) is 2.68. The summed E-state index contributed by atoms with van der Waals surface area (Å²) in [5.74, 6) is -0.190. The molecule has 0 radical (unpaired) electrons. The lowest BCUT2D eigenvalue weighted by Gasteiger charge is -2.21. The number of rotatable bonds is 9. The van der Waals surface area contributed by atoms with E-state index in [0.717, 1.165) is 5.56 Å². The molecule has 1 aromatic rings. The number of ketones is 1. The summed E-state index contributed by atoms with van der Waals surface area (Å²) >= 11 is 0. The lowest BCUT2D eigenvalue weighted by atomic mass is 10.0. The summed E-state index contributed by atoms with van der Waals surface area (Å²) in [5, 5.41) is 5.82. The molecule has 5 nitrogen and oxygen atoms in total. The van der Waals surface area contributed by atoms with Crippen LogP contribution in [0.1, 0.15) is 53.0 Å². The standard InChI is InChI=1S/C16H25N3O2.2C2H6/c1-12(20)14(9-6-10-17)19-16(21)15(18-2)11-13-7-4-3-5-8-13;2*1-2/h3-5,7-8,14-15,18H,6,9-11,17H2,1-2H3,(H,19,21);2*1-2H3. The molecule has 0 aliphatic rings. The van der Waals surface area contributed by atoms with E-state index in [9.17, 15) is 9.59 Å². The Bertz CT molecular complexity index is 450. The predicted molar refractivity (Wildman–Crippen MR) is 107 cm³/mol. The minimum absolute atomic E-state index is 0.0358. The Labute approximate surface area is 153 Å². The molecule has 1 amide bonds. The topological polar surface area (TPSA) is 84.2 Å². The van der Waals surface area contributed by atoms with E-state index >= 15 is 0 Å². The van der Waals surface area contributed by atoms with Crippen molar-refractivity contribution in [1.29, 1.82) is 0 Å². The lowest BCUT2D eigenvalue weighted by Crippen LogP contribution is -2.49. The maximum Gasteiger partial charge on any atom is 0.238 e. The maximum atomic E-state index is 12.3. The SMILES string of the molecule is CC.CC.CNC(Cc1ccccc1)C(=O)NC(CCCN)C(C)=O. The van der Waals surface area contributed by atoms with Gasteiger partial charge in [0, 0.05) is 0 Å². The summed E-state index contributed by atoms with van der Waals surface area (Å²) in [4.78, 5) is 23.9. The van der Waals surface area contributed by atoms with Gasteiger partial charge in [-0.15, -0.1) is 0 Å². The highest BCUT2D eigenvalue weighted by Gasteiger charge is 2.22. The molecule has 144 valence electrons. The number of amides is 1. The van der Waals surface area contributed by atoms with Crippen molar-refractivity contribution in [2.45, 2.75) is 66.0 Å². The van der Waals surface area contributed by atoms with Gasteiger partial charge in [-0.1, -0.05) is 58.0 Å². The van der Waals surface area contributed by atoms with Gasteiger partial charge in [-0.3, -0.25) is 9.59 Å². The Morgan fingerprint density at radius 1 is 1.04 bits per heavy atom. The van der Waals surface area contributed by atoms with Crippen LogP contribution in [0.15, 0.2) is 30.3 Å². The first kappa shape index (κ1) is 25.5. The van der Waals surface area contributed by atoms with Gasteiger partial charge in [0.15, 0.2) is 5.78 Å². The van der Waals surface area contributed by atoms with Crippen LogP contribution in [0, 0.1) is 0 Å². The Morgan fingerprint density at radius 2 is 1.60 bits per heavy atom. The highest BCUT2D eigenvalue weighted by molar-refractivity contribution is 5.89. The maximum absolute atomic E-state index is 12.3. The molecule has 5 heteroatoms. The summed E-state index contributed by atoms with van der Waals surface area (Å²) in [6.07, 6.45) is 1.89. The van der Waals surface area contributed by atoms with Crippen molar-refractivity contribution in [2.24, 2.45) is 5.73 Å². The fourth-order valence-electron chi connectivity index (χ4n) is 2.15. The van der Waals surface area contributed by atoms with Gasteiger partial charge < -0.3 is 16.4 Å². The molecular formula is C20H37N3O2.